The normalized spacial score (nSPS) is 19.4. The van der Waals surface area contributed by atoms with E-state index in [1.54, 1.807) is 6.92 Å². The van der Waals surface area contributed by atoms with Crippen LogP contribution in [0.5, 0.6) is 0 Å². The molecule has 0 radical (unpaired) electrons. The molecule has 0 spiro atoms. The number of carboxylic acids is 2. The summed E-state index contributed by atoms with van der Waals surface area (Å²) >= 11 is 0. The molecule has 0 aromatic heterocycles. The molecular formula is C10H16N2O6. The van der Waals surface area contributed by atoms with Gasteiger partial charge in [-0.2, -0.15) is 0 Å². The molecule has 1 atom stereocenters. The van der Waals surface area contributed by atoms with Gasteiger partial charge in [-0.05, 0) is 6.92 Å². The van der Waals surface area contributed by atoms with E-state index >= 15 is 0 Å². The summed E-state index contributed by atoms with van der Waals surface area (Å²) in [7, 11) is 0. The van der Waals surface area contributed by atoms with E-state index in [4.69, 9.17) is 14.9 Å². The van der Waals surface area contributed by atoms with Crippen molar-refractivity contribution in [3.63, 3.8) is 0 Å². The van der Waals surface area contributed by atoms with E-state index < -0.39 is 31.1 Å². The standard InChI is InChI=1S/C10H16N2O6/c1-7-4-11(2-3-18-7)10(17)12(5-8(13)14)6-9(15)16/h7H,2-6H2,1H3,(H,13,14)(H,15,16). The van der Waals surface area contributed by atoms with Gasteiger partial charge in [-0.1, -0.05) is 0 Å². The summed E-state index contributed by atoms with van der Waals surface area (Å²) in [6.07, 6.45) is -0.140. The molecule has 102 valence electrons. The number of amides is 2. The van der Waals surface area contributed by atoms with E-state index in [1.165, 1.54) is 4.90 Å². The lowest BCUT2D eigenvalue weighted by Crippen LogP contribution is -2.52. The number of ether oxygens (including phenoxy) is 1. The molecule has 1 unspecified atom stereocenters. The van der Waals surface area contributed by atoms with Gasteiger partial charge in [0.15, 0.2) is 0 Å². The van der Waals surface area contributed by atoms with Crippen LogP contribution >= 0.6 is 0 Å². The van der Waals surface area contributed by atoms with Gasteiger partial charge in [0, 0.05) is 13.1 Å². The highest BCUT2D eigenvalue weighted by atomic mass is 16.5. The summed E-state index contributed by atoms with van der Waals surface area (Å²) in [5.74, 6) is -2.49. The summed E-state index contributed by atoms with van der Waals surface area (Å²) in [5.41, 5.74) is 0. The van der Waals surface area contributed by atoms with Crippen LogP contribution in [0.25, 0.3) is 0 Å². The number of hydrogen-bond acceptors (Lipinski definition) is 4. The predicted octanol–water partition coefficient (Wildman–Crippen LogP) is -0.702. The quantitative estimate of drug-likeness (QED) is 0.692. The fraction of sp³-hybridized carbons (Fsp3) is 0.700. The first-order chi connectivity index (χ1) is 8.40. The van der Waals surface area contributed by atoms with Gasteiger partial charge >= 0.3 is 18.0 Å². The highest BCUT2D eigenvalue weighted by Gasteiger charge is 2.28. The number of urea groups is 1. The molecule has 0 saturated carbocycles. The molecule has 18 heavy (non-hydrogen) atoms. The Labute approximate surface area is 104 Å². The largest absolute Gasteiger partial charge is 0.480 e. The molecule has 0 aromatic carbocycles. The van der Waals surface area contributed by atoms with Crippen LogP contribution in [0.4, 0.5) is 4.79 Å². The smallest absolute Gasteiger partial charge is 0.323 e. The topological polar surface area (TPSA) is 107 Å². The molecule has 2 N–H and O–H groups in total. The molecule has 8 heteroatoms. The number of rotatable bonds is 4. The van der Waals surface area contributed by atoms with Crippen molar-refractivity contribution in [3.05, 3.63) is 0 Å². The number of hydrogen-bond donors (Lipinski definition) is 2. The molecule has 0 aliphatic carbocycles. The van der Waals surface area contributed by atoms with Gasteiger partial charge in [-0.3, -0.25) is 9.59 Å². The Morgan fingerprint density at radius 3 is 2.28 bits per heavy atom. The van der Waals surface area contributed by atoms with Gasteiger partial charge < -0.3 is 24.7 Å². The first kappa shape index (κ1) is 14.2. The average molecular weight is 260 g/mol. The van der Waals surface area contributed by atoms with E-state index in [0.29, 0.717) is 19.7 Å². The first-order valence-corrected chi connectivity index (χ1v) is 5.49. The second-order valence-electron chi connectivity index (χ2n) is 4.05. The average Bonchev–Trinajstić information content (AvgIpc) is 2.26. The van der Waals surface area contributed by atoms with Crippen LogP contribution in [0.3, 0.4) is 0 Å². The summed E-state index contributed by atoms with van der Waals surface area (Å²) in [4.78, 5) is 35.4. The number of nitrogens with zero attached hydrogens (tertiary/aromatic N) is 2. The molecule has 2 amide bonds. The van der Waals surface area contributed by atoms with Crippen molar-refractivity contribution < 1.29 is 29.3 Å². The number of carbonyl (C=O) groups is 3. The highest BCUT2D eigenvalue weighted by Crippen LogP contribution is 2.08. The molecule has 1 aliphatic rings. The lowest BCUT2D eigenvalue weighted by molar-refractivity contribution is -0.140. The van der Waals surface area contributed by atoms with Crippen molar-refractivity contribution in [2.75, 3.05) is 32.8 Å². The molecule has 1 aliphatic heterocycles. The minimum atomic E-state index is -1.24. The van der Waals surface area contributed by atoms with E-state index in [9.17, 15) is 14.4 Å². The lowest BCUT2D eigenvalue weighted by Gasteiger charge is -2.34. The highest BCUT2D eigenvalue weighted by molar-refractivity contribution is 5.84. The van der Waals surface area contributed by atoms with Gasteiger partial charge in [0.05, 0.1) is 12.7 Å². The van der Waals surface area contributed by atoms with Crippen LogP contribution in [0.1, 0.15) is 6.92 Å². The van der Waals surface area contributed by atoms with Gasteiger partial charge in [-0.15, -0.1) is 0 Å². The van der Waals surface area contributed by atoms with E-state index in [1.807, 2.05) is 0 Å². The molecule has 0 bridgehead atoms. The van der Waals surface area contributed by atoms with Crippen LogP contribution in [0.15, 0.2) is 0 Å². The predicted molar refractivity (Wildman–Crippen MR) is 59.2 cm³/mol. The zero-order valence-corrected chi connectivity index (χ0v) is 10.0. The van der Waals surface area contributed by atoms with E-state index in [-0.39, 0.29) is 6.10 Å². The SMILES string of the molecule is CC1CN(C(=O)N(CC(=O)O)CC(=O)O)CCO1. The Morgan fingerprint density at radius 1 is 1.28 bits per heavy atom. The maximum atomic E-state index is 12.0. The molecule has 1 heterocycles. The van der Waals surface area contributed by atoms with Gasteiger partial charge in [0.25, 0.3) is 0 Å². The van der Waals surface area contributed by atoms with Crippen molar-refractivity contribution in [3.8, 4) is 0 Å². The Balaban J connectivity index is 2.67. The maximum absolute atomic E-state index is 12.0. The zero-order chi connectivity index (χ0) is 13.7. The van der Waals surface area contributed by atoms with Crippen LogP contribution in [0, 0.1) is 0 Å². The second kappa shape index (κ2) is 6.20. The van der Waals surface area contributed by atoms with Crippen molar-refractivity contribution in [1.29, 1.82) is 0 Å². The van der Waals surface area contributed by atoms with E-state index in [0.717, 1.165) is 4.90 Å². The van der Waals surface area contributed by atoms with Crippen molar-refractivity contribution in [1.82, 2.24) is 9.80 Å². The monoisotopic (exact) mass is 260 g/mol. The number of carboxylic acid groups (broad SMARTS) is 2. The van der Waals surface area contributed by atoms with Crippen LogP contribution in [0.2, 0.25) is 0 Å². The first-order valence-electron chi connectivity index (χ1n) is 5.49. The molecule has 1 fully saturated rings. The zero-order valence-electron chi connectivity index (χ0n) is 10.0. The third-order valence-corrected chi connectivity index (χ3v) is 2.43. The lowest BCUT2D eigenvalue weighted by atomic mass is 10.3. The summed E-state index contributed by atoms with van der Waals surface area (Å²) in [5, 5.41) is 17.3. The summed E-state index contributed by atoms with van der Waals surface area (Å²) < 4.78 is 5.26. The molecular weight excluding hydrogens is 244 g/mol. The number of carbonyl (C=O) groups excluding carboxylic acids is 1. The second-order valence-corrected chi connectivity index (χ2v) is 4.05. The fourth-order valence-electron chi connectivity index (χ4n) is 1.71. The Morgan fingerprint density at radius 2 is 1.83 bits per heavy atom. The summed E-state index contributed by atoms with van der Waals surface area (Å²) in [6.45, 7) is 1.56. The van der Waals surface area contributed by atoms with Gasteiger partial charge in [-0.25, -0.2) is 4.79 Å². The Bertz CT molecular complexity index is 329. The van der Waals surface area contributed by atoms with Crippen molar-refractivity contribution in [2.24, 2.45) is 0 Å². The van der Waals surface area contributed by atoms with Crippen molar-refractivity contribution in [2.45, 2.75) is 13.0 Å². The fourth-order valence-corrected chi connectivity index (χ4v) is 1.71. The van der Waals surface area contributed by atoms with E-state index in [2.05, 4.69) is 0 Å². The van der Waals surface area contributed by atoms with Gasteiger partial charge in [0.1, 0.15) is 13.1 Å². The molecule has 8 nitrogen and oxygen atoms in total. The Hall–Kier alpha value is -1.83. The minimum Gasteiger partial charge on any atom is -0.480 e. The minimum absolute atomic E-state index is 0.140. The number of aliphatic carboxylic acids is 2. The molecule has 1 saturated heterocycles. The van der Waals surface area contributed by atoms with Crippen molar-refractivity contribution >= 4 is 18.0 Å². The van der Waals surface area contributed by atoms with Gasteiger partial charge in [0.2, 0.25) is 0 Å². The maximum Gasteiger partial charge on any atom is 0.323 e. The van der Waals surface area contributed by atoms with Crippen LogP contribution < -0.4 is 0 Å². The Kier molecular flexibility index (Phi) is 4.90. The van der Waals surface area contributed by atoms with Crippen LogP contribution in [-0.2, 0) is 14.3 Å². The molecule has 0 aromatic rings. The van der Waals surface area contributed by atoms with Crippen LogP contribution in [-0.4, -0.2) is 76.9 Å². The molecule has 1 rings (SSSR count). The summed E-state index contributed by atoms with van der Waals surface area (Å²) in [6, 6.07) is -0.588. The number of morpholine rings is 1. The third kappa shape index (κ3) is 4.21. The third-order valence-electron chi connectivity index (χ3n) is 2.43.